The van der Waals surface area contributed by atoms with Gasteiger partial charge in [-0.25, -0.2) is 0 Å². The average molecular weight is 398 g/mol. The Bertz CT molecular complexity index is 740. The first-order valence-electron chi connectivity index (χ1n) is 10.5. The van der Waals surface area contributed by atoms with E-state index in [2.05, 4.69) is 37.9 Å². The summed E-state index contributed by atoms with van der Waals surface area (Å²) in [5.41, 5.74) is 4.98. The predicted molar refractivity (Wildman–Crippen MR) is 121 cm³/mol. The minimum atomic E-state index is 0.202. The molecule has 0 aliphatic carbocycles. The monoisotopic (exact) mass is 397 g/mol. The molecule has 2 aromatic rings. The molecule has 0 fully saturated rings. The van der Waals surface area contributed by atoms with E-state index in [-0.39, 0.29) is 6.79 Å². The molecule has 0 bridgehead atoms. The third-order valence-electron chi connectivity index (χ3n) is 5.26. The van der Waals surface area contributed by atoms with Crippen LogP contribution in [-0.4, -0.2) is 20.4 Å². The standard InChI is InChI=1S/C25H35NO3/c1-5-27-18-10-8-6-7-9-11-22-12-17-25(21(3)20(22)2)29-19-28-24-15-13-23(26-4)14-16-24/h5,12-17,26H,1,6-11,18-19H2,2-4H3. The summed E-state index contributed by atoms with van der Waals surface area (Å²) in [6.45, 7) is 8.85. The van der Waals surface area contributed by atoms with Gasteiger partial charge in [-0.1, -0.05) is 31.9 Å². The molecule has 2 aromatic carbocycles. The highest BCUT2D eigenvalue weighted by molar-refractivity contribution is 5.46. The van der Waals surface area contributed by atoms with Crippen molar-refractivity contribution in [3.63, 3.8) is 0 Å². The summed E-state index contributed by atoms with van der Waals surface area (Å²) in [6.07, 6.45) is 8.69. The van der Waals surface area contributed by atoms with E-state index >= 15 is 0 Å². The maximum Gasteiger partial charge on any atom is 0.230 e. The maximum atomic E-state index is 5.87. The van der Waals surface area contributed by atoms with Gasteiger partial charge in [0.2, 0.25) is 6.79 Å². The number of unbranched alkanes of at least 4 members (excludes halogenated alkanes) is 4. The molecule has 0 unspecified atom stereocenters. The van der Waals surface area contributed by atoms with Crippen molar-refractivity contribution in [1.82, 2.24) is 0 Å². The molecule has 0 aliphatic rings. The van der Waals surface area contributed by atoms with Gasteiger partial charge in [-0.3, -0.25) is 0 Å². The molecule has 0 atom stereocenters. The molecule has 0 amide bonds. The second-order valence-corrected chi connectivity index (χ2v) is 7.21. The zero-order chi connectivity index (χ0) is 20.9. The van der Waals surface area contributed by atoms with Gasteiger partial charge in [-0.2, -0.15) is 0 Å². The zero-order valence-corrected chi connectivity index (χ0v) is 18.1. The highest BCUT2D eigenvalue weighted by Gasteiger charge is 2.08. The normalized spacial score (nSPS) is 10.4. The number of hydrogen-bond donors (Lipinski definition) is 1. The Labute approximate surface area is 175 Å². The zero-order valence-electron chi connectivity index (χ0n) is 18.1. The van der Waals surface area contributed by atoms with Crippen molar-refractivity contribution in [1.29, 1.82) is 0 Å². The van der Waals surface area contributed by atoms with Crippen LogP contribution in [0.5, 0.6) is 11.5 Å². The molecule has 0 aromatic heterocycles. The van der Waals surface area contributed by atoms with Crippen LogP contribution >= 0.6 is 0 Å². The van der Waals surface area contributed by atoms with Crippen molar-refractivity contribution in [3.8, 4) is 11.5 Å². The van der Waals surface area contributed by atoms with Crippen LogP contribution < -0.4 is 14.8 Å². The van der Waals surface area contributed by atoms with E-state index in [1.54, 1.807) is 0 Å². The van der Waals surface area contributed by atoms with E-state index in [9.17, 15) is 0 Å². The lowest BCUT2D eigenvalue weighted by Crippen LogP contribution is -2.07. The van der Waals surface area contributed by atoms with Crippen LogP contribution in [0.1, 0.15) is 48.8 Å². The van der Waals surface area contributed by atoms with E-state index in [1.165, 1.54) is 48.6 Å². The van der Waals surface area contributed by atoms with E-state index in [0.29, 0.717) is 0 Å². The fourth-order valence-electron chi connectivity index (χ4n) is 3.27. The summed E-state index contributed by atoms with van der Waals surface area (Å²) in [4.78, 5) is 0. The Hall–Kier alpha value is -2.62. The highest BCUT2D eigenvalue weighted by atomic mass is 16.7. The molecule has 0 heterocycles. The van der Waals surface area contributed by atoms with Gasteiger partial charge in [0.15, 0.2) is 0 Å². The average Bonchev–Trinajstić information content (AvgIpc) is 2.75. The van der Waals surface area contributed by atoms with E-state index in [4.69, 9.17) is 14.2 Å². The summed E-state index contributed by atoms with van der Waals surface area (Å²) in [5, 5.41) is 3.09. The first-order valence-corrected chi connectivity index (χ1v) is 10.5. The third kappa shape index (κ3) is 7.72. The van der Waals surface area contributed by atoms with Crippen LogP contribution in [0.15, 0.2) is 49.2 Å². The van der Waals surface area contributed by atoms with Crippen LogP contribution in [0.3, 0.4) is 0 Å². The molecule has 0 saturated heterocycles. The fourth-order valence-corrected chi connectivity index (χ4v) is 3.27. The first kappa shape index (κ1) is 22.7. The number of ether oxygens (including phenoxy) is 3. The molecule has 0 radical (unpaired) electrons. The van der Waals surface area contributed by atoms with E-state index in [0.717, 1.165) is 36.6 Å². The van der Waals surface area contributed by atoms with E-state index < -0.39 is 0 Å². The Morgan fingerprint density at radius 3 is 2.31 bits per heavy atom. The molecular weight excluding hydrogens is 362 g/mol. The van der Waals surface area contributed by atoms with Crippen molar-refractivity contribution in [2.45, 2.75) is 52.4 Å². The van der Waals surface area contributed by atoms with Crippen LogP contribution in [-0.2, 0) is 11.2 Å². The molecule has 1 N–H and O–H groups in total. The van der Waals surface area contributed by atoms with Gasteiger partial charge in [-0.05, 0) is 80.1 Å². The second kappa shape index (κ2) is 12.8. The maximum absolute atomic E-state index is 5.87. The molecule has 158 valence electrons. The summed E-state index contributed by atoms with van der Waals surface area (Å²) >= 11 is 0. The number of nitrogens with one attached hydrogen (secondary N) is 1. The number of hydrogen-bond acceptors (Lipinski definition) is 4. The topological polar surface area (TPSA) is 39.7 Å². The van der Waals surface area contributed by atoms with Gasteiger partial charge in [0.1, 0.15) is 11.5 Å². The molecule has 29 heavy (non-hydrogen) atoms. The summed E-state index contributed by atoms with van der Waals surface area (Å²) in [7, 11) is 1.90. The molecule has 0 spiro atoms. The van der Waals surface area contributed by atoms with Crippen LogP contribution in [0.25, 0.3) is 0 Å². The number of anilines is 1. The lowest BCUT2D eigenvalue weighted by molar-refractivity contribution is 0.119. The Morgan fingerprint density at radius 1 is 0.862 bits per heavy atom. The lowest BCUT2D eigenvalue weighted by atomic mass is 9.97. The summed E-state index contributed by atoms with van der Waals surface area (Å²) in [5.74, 6) is 1.69. The van der Waals surface area contributed by atoms with Crippen LogP contribution in [0, 0.1) is 13.8 Å². The predicted octanol–water partition coefficient (Wildman–Crippen LogP) is 6.41. The Morgan fingerprint density at radius 2 is 1.59 bits per heavy atom. The molecule has 0 saturated carbocycles. The van der Waals surface area contributed by atoms with Crippen molar-refractivity contribution in [2.75, 3.05) is 25.8 Å². The highest BCUT2D eigenvalue weighted by Crippen LogP contribution is 2.26. The minimum Gasteiger partial charge on any atom is -0.502 e. The van der Waals surface area contributed by atoms with E-state index in [1.807, 2.05) is 31.3 Å². The smallest absolute Gasteiger partial charge is 0.230 e. The van der Waals surface area contributed by atoms with Gasteiger partial charge >= 0.3 is 0 Å². The van der Waals surface area contributed by atoms with Gasteiger partial charge < -0.3 is 19.5 Å². The van der Waals surface area contributed by atoms with Gasteiger partial charge in [0.05, 0.1) is 12.9 Å². The summed E-state index contributed by atoms with van der Waals surface area (Å²) < 4.78 is 16.7. The summed E-state index contributed by atoms with van der Waals surface area (Å²) in [6, 6.07) is 12.1. The molecule has 4 nitrogen and oxygen atoms in total. The second-order valence-electron chi connectivity index (χ2n) is 7.21. The molecular formula is C25H35NO3. The quantitative estimate of drug-likeness (QED) is 0.227. The van der Waals surface area contributed by atoms with Gasteiger partial charge in [0.25, 0.3) is 0 Å². The fraction of sp³-hybridized carbons (Fsp3) is 0.440. The number of rotatable bonds is 14. The minimum absolute atomic E-state index is 0.202. The van der Waals surface area contributed by atoms with Crippen molar-refractivity contribution in [3.05, 3.63) is 65.9 Å². The first-order chi connectivity index (χ1) is 14.2. The molecule has 4 heteroatoms. The molecule has 2 rings (SSSR count). The van der Waals surface area contributed by atoms with Crippen molar-refractivity contribution < 1.29 is 14.2 Å². The lowest BCUT2D eigenvalue weighted by Gasteiger charge is -2.15. The molecule has 0 aliphatic heterocycles. The van der Waals surface area contributed by atoms with Crippen LogP contribution in [0.2, 0.25) is 0 Å². The Balaban J connectivity index is 1.74. The third-order valence-corrected chi connectivity index (χ3v) is 5.26. The van der Waals surface area contributed by atoms with Crippen LogP contribution in [0.4, 0.5) is 5.69 Å². The van der Waals surface area contributed by atoms with Crippen molar-refractivity contribution in [2.24, 2.45) is 0 Å². The van der Waals surface area contributed by atoms with Crippen molar-refractivity contribution >= 4 is 5.69 Å². The number of aryl methyl sites for hydroxylation is 1. The van der Waals surface area contributed by atoms with Gasteiger partial charge in [0, 0.05) is 12.7 Å². The largest absolute Gasteiger partial charge is 0.502 e. The SMILES string of the molecule is C=COCCCCCCCc1ccc(OCOc2ccc(NC)cc2)c(C)c1C. The van der Waals surface area contributed by atoms with Gasteiger partial charge in [-0.15, -0.1) is 0 Å². The Kier molecular flexibility index (Phi) is 9.98. The number of benzene rings is 2.